The second-order valence-electron chi connectivity index (χ2n) is 3.17. The highest BCUT2D eigenvalue weighted by molar-refractivity contribution is 14.1. The van der Waals surface area contributed by atoms with Crippen molar-refractivity contribution in [1.82, 2.24) is 4.98 Å². The molecule has 0 unspecified atom stereocenters. The summed E-state index contributed by atoms with van der Waals surface area (Å²) in [5.74, 6) is 1.92. The van der Waals surface area contributed by atoms with Crippen molar-refractivity contribution in [2.45, 2.75) is 5.88 Å². The van der Waals surface area contributed by atoms with E-state index in [4.69, 9.17) is 16.3 Å². The van der Waals surface area contributed by atoms with E-state index < -0.39 is 0 Å². The standard InChI is InChI=1S/C12H9ClINO/c13-7-9-5-6-15-8-12(9)16-11-3-1-10(14)2-4-11/h1-6,8H,7H2. The number of rotatable bonds is 3. The Hall–Kier alpha value is -0.810. The van der Waals surface area contributed by atoms with Gasteiger partial charge in [-0.1, -0.05) is 0 Å². The molecular formula is C12H9ClINO. The second-order valence-corrected chi connectivity index (χ2v) is 4.69. The monoisotopic (exact) mass is 345 g/mol. The van der Waals surface area contributed by atoms with Crippen molar-refractivity contribution in [1.29, 1.82) is 0 Å². The van der Waals surface area contributed by atoms with Crippen molar-refractivity contribution < 1.29 is 4.74 Å². The Morgan fingerprint density at radius 3 is 2.62 bits per heavy atom. The first-order valence-corrected chi connectivity index (χ1v) is 6.33. The lowest BCUT2D eigenvalue weighted by Gasteiger charge is -2.08. The number of benzene rings is 1. The molecule has 0 aliphatic carbocycles. The van der Waals surface area contributed by atoms with Crippen LogP contribution in [0, 0.1) is 3.57 Å². The van der Waals surface area contributed by atoms with Crippen molar-refractivity contribution in [3.8, 4) is 11.5 Å². The van der Waals surface area contributed by atoms with Gasteiger partial charge < -0.3 is 4.74 Å². The van der Waals surface area contributed by atoms with E-state index >= 15 is 0 Å². The maximum atomic E-state index is 5.81. The molecular weight excluding hydrogens is 336 g/mol. The fraction of sp³-hybridized carbons (Fsp3) is 0.0833. The molecule has 2 nitrogen and oxygen atoms in total. The minimum atomic E-state index is 0.419. The predicted molar refractivity (Wildman–Crippen MR) is 73.0 cm³/mol. The maximum absolute atomic E-state index is 5.81. The number of alkyl halides is 1. The molecule has 0 aliphatic heterocycles. The molecule has 1 aromatic heterocycles. The zero-order valence-corrected chi connectivity index (χ0v) is 11.3. The lowest BCUT2D eigenvalue weighted by atomic mass is 10.3. The van der Waals surface area contributed by atoms with E-state index in [1.807, 2.05) is 30.3 Å². The molecule has 0 bridgehead atoms. The fourth-order valence-electron chi connectivity index (χ4n) is 1.24. The molecule has 1 aromatic carbocycles. The molecule has 2 aromatic rings. The van der Waals surface area contributed by atoms with Gasteiger partial charge in [-0.25, -0.2) is 0 Å². The van der Waals surface area contributed by atoms with Crippen LogP contribution in [0.15, 0.2) is 42.7 Å². The molecule has 0 spiro atoms. The van der Waals surface area contributed by atoms with Gasteiger partial charge in [0.05, 0.1) is 12.1 Å². The Morgan fingerprint density at radius 1 is 1.19 bits per heavy atom. The van der Waals surface area contributed by atoms with Crippen LogP contribution in [0.4, 0.5) is 0 Å². The first kappa shape index (κ1) is 11.7. The average molecular weight is 346 g/mol. The third-order valence-electron chi connectivity index (χ3n) is 2.06. The Morgan fingerprint density at radius 2 is 1.94 bits per heavy atom. The largest absolute Gasteiger partial charge is 0.455 e. The number of aromatic nitrogens is 1. The second kappa shape index (κ2) is 5.50. The quantitative estimate of drug-likeness (QED) is 0.614. The van der Waals surface area contributed by atoms with Crippen molar-refractivity contribution in [2.75, 3.05) is 0 Å². The van der Waals surface area contributed by atoms with E-state index in [1.54, 1.807) is 12.4 Å². The summed E-state index contributed by atoms with van der Waals surface area (Å²) in [6.07, 6.45) is 3.38. The summed E-state index contributed by atoms with van der Waals surface area (Å²) in [7, 11) is 0. The molecule has 2 rings (SSSR count). The van der Waals surface area contributed by atoms with Gasteiger partial charge in [0, 0.05) is 15.3 Å². The Labute approximate surface area is 113 Å². The molecule has 0 saturated carbocycles. The first-order valence-electron chi connectivity index (χ1n) is 4.72. The lowest BCUT2D eigenvalue weighted by molar-refractivity contribution is 0.476. The van der Waals surface area contributed by atoms with Crippen molar-refractivity contribution in [2.24, 2.45) is 0 Å². The summed E-state index contributed by atoms with van der Waals surface area (Å²) in [6.45, 7) is 0. The van der Waals surface area contributed by atoms with Crippen LogP contribution in [0.5, 0.6) is 11.5 Å². The SMILES string of the molecule is ClCc1ccncc1Oc1ccc(I)cc1. The minimum absolute atomic E-state index is 0.419. The normalized spacial score (nSPS) is 10.1. The number of hydrogen-bond donors (Lipinski definition) is 0. The third-order valence-corrected chi connectivity index (χ3v) is 3.06. The molecule has 0 aliphatic rings. The van der Waals surface area contributed by atoms with Crippen LogP contribution in [0.2, 0.25) is 0 Å². The minimum Gasteiger partial charge on any atom is -0.455 e. The first-order chi connectivity index (χ1) is 7.79. The van der Waals surface area contributed by atoms with Gasteiger partial charge >= 0.3 is 0 Å². The van der Waals surface area contributed by atoms with Crippen LogP contribution in [0.25, 0.3) is 0 Å². The van der Waals surface area contributed by atoms with Gasteiger partial charge in [0.2, 0.25) is 0 Å². The van der Waals surface area contributed by atoms with Gasteiger partial charge in [-0.05, 0) is 52.9 Å². The van der Waals surface area contributed by atoms with E-state index in [0.29, 0.717) is 11.6 Å². The highest BCUT2D eigenvalue weighted by atomic mass is 127. The summed E-state index contributed by atoms with van der Waals surface area (Å²) >= 11 is 8.07. The molecule has 0 fully saturated rings. The molecule has 0 amide bonds. The Balaban J connectivity index is 2.23. The van der Waals surface area contributed by atoms with Crippen LogP contribution in [-0.4, -0.2) is 4.98 Å². The highest BCUT2D eigenvalue weighted by Gasteiger charge is 2.03. The molecule has 0 radical (unpaired) electrons. The van der Waals surface area contributed by atoms with Crippen molar-refractivity contribution in [3.05, 3.63) is 51.9 Å². The van der Waals surface area contributed by atoms with Crippen LogP contribution >= 0.6 is 34.2 Å². The van der Waals surface area contributed by atoms with E-state index in [-0.39, 0.29) is 0 Å². The maximum Gasteiger partial charge on any atom is 0.150 e. The van der Waals surface area contributed by atoms with Crippen LogP contribution < -0.4 is 4.74 Å². The Kier molecular flexibility index (Phi) is 4.01. The summed E-state index contributed by atoms with van der Waals surface area (Å²) in [6, 6.07) is 9.69. The zero-order valence-electron chi connectivity index (χ0n) is 8.36. The van der Waals surface area contributed by atoms with Gasteiger partial charge in [0.15, 0.2) is 0 Å². The number of hydrogen-bond acceptors (Lipinski definition) is 2. The number of halogens is 2. The molecule has 0 N–H and O–H groups in total. The topological polar surface area (TPSA) is 22.1 Å². The summed E-state index contributed by atoms with van der Waals surface area (Å²) < 4.78 is 6.88. The van der Waals surface area contributed by atoms with E-state index in [0.717, 1.165) is 11.3 Å². The summed E-state index contributed by atoms with van der Waals surface area (Å²) in [5.41, 5.74) is 0.940. The predicted octanol–water partition coefficient (Wildman–Crippen LogP) is 4.22. The molecule has 16 heavy (non-hydrogen) atoms. The highest BCUT2D eigenvalue weighted by Crippen LogP contribution is 2.25. The molecule has 82 valence electrons. The third kappa shape index (κ3) is 2.86. The molecule has 0 atom stereocenters. The Bertz CT molecular complexity index is 473. The van der Waals surface area contributed by atoms with Gasteiger partial charge in [-0.15, -0.1) is 11.6 Å². The van der Waals surface area contributed by atoms with E-state index in [9.17, 15) is 0 Å². The average Bonchev–Trinajstić information content (AvgIpc) is 2.33. The van der Waals surface area contributed by atoms with Gasteiger partial charge in [0.1, 0.15) is 11.5 Å². The van der Waals surface area contributed by atoms with E-state index in [2.05, 4.69) is 27.6 Å². The summed E-state index contributed by atoms with van der Waals surface area (Å²) in [5, 5.41) is 0. The number of ether oxygens (including phenoxy) is 1. The summed E-state index contributed by atoms with van der Waals surface area (Å²) in [4.78, 5) is 4.02. The molecule has 0 saturated heterocycles. The smallest absolute Gasteiger partial charge is 0.150 e. The van der Waals surface area contributed by atoms with Crippen LogP contribution in [0.3, 0.4) is 0 Å². The molecule has 4 heteroatoms. The number of pyridine rings is 1. The van der Waals surface area contributed by atoms with E-state index in [1.165, 1.54) is 3.57 Å². The van der Waals surface area contributed by atoms with Gasteiger partial charge in [-0.3, -0.25) is 4.98 Å². The zero-order chi connectivity index (χ0) is 11.4. The van der Waals surface area contributed by atoms with Crippen molar-refractivity contribution >= 4 is 34.2 Å². The lowest BCUT2D eigenvalue weighted by Crippen LogP contribution is -1.90. The molecule has 1 heterocycles. The van der Waals surface area contributed by atoms with Crippen LogP contribution in [-0.2, 0) is 5.88 Å². The van der Waals surface area contributed by atoms with Crippen molar-refractivity contribution in [3.63, 3.8) is 0 Å². The van der Waals surface area contributed by atoms with Gasteiger partial charge in [0.25, 0.3) is 0 Å². The van der Waals surface area contributed by atoms with Gasteiger partial charge in [-0.2, -0.15) is 0 Å². The number of nitrogens with zero attached hydrogens (tertiary/aromatic N) is 1. The fourth-order valence-corrected chi connectivity index (χ4v) is 1.82. The van der Waals surface area contributed by atoms with Crippen LogP contribution in [0.1, 0.15) is 5.56 Å².